The third kappa shape index (κ3) is 5.02. The monoisotopic (exact) mass is 301 g/mol. The second-order valence-corrected chi connectivity index (χ2v) is 6.55. The normalized spacial score (nSPS) is 17.6. The summed E-state index contributed by atoms with van der Waals surface area (Å²) in [5.74, 6) is 0. The number of allylic oxidation sites excluding steroid dienone is 1. The Kier molecular flexibility index (Phi) is 5.01. The molecule has 118 valence electrons. The van der Waals surface area contributed by atoms with E-state index in [9.17, 15) is 9.59 Å². The van der Waals surface area contributed by atoms with E-state index >= 15 is 0 Å². The Labute approximate surface area is 131 Å². The molecule has 1 fully saturated rings. The van der Waals surface area contributed by atoms with Crippen LogP contribution in [0.2, 0.25) is 0 Å². The molecule has 22 heavy (non-hydrogen) atoms. The average molecular weight is 301 g/mol. The van der Waals surface area contributed by atoms with E-state index in [-0.39, 0.29) is 6.09 Å². The standard InChI is InChI=1S/C18H23NO3/c1-18(2,3)22-17(21)19-12-16(19)7-5-4-6-14-8-10-15(13-20)11-9-14/h4,6,8-11,13,16H,5,7,12H2,1-3H3/b6-4+/t16-,19?/m0/s1. The molecule has 1 aliphatic rings. The molecular formula is C18H23NO3. The van der Waals surface area contributed by atoms with Crippen molar-refractivity contribution in [3.05, 3.63) is 41.5 Å². The van der Waals surface area contributed by atoms with E-state index < -0.39 is 5.60 Å². The molecule has 0 unspecified atom stereocenters. The van der Waals surface area contributed by atoms with E-state index in [0.717, 1.165) is 31.2 Å². The average Bonchev–Trinajstić information content (AvgIpc) is 3.22. The lowest BCUT2D eigenvalue weighted by Crippen LogP contribution is -2.27. The lowest BCUT2D eigenvalue weighted by atomic mass is 10.1. The number of nitrogens with zero attached hydrogens (tertiary/aromatic N) is 1. The minimum absolute atomic E-state index is 0.217. The number of amides is 1. The molecule has 1 amide bonds. The highest BCUT2D eigenvalue weighted by Crippen LogP contribution is 2.25. The maximum atomic E-state index is 11.8. The molecule has 1 aliphatic heterocycles. The smallest absolute Gasteiger partial charge is 0.410 e. The van der Waals surface area contributed by atoms with Crippen molar-refractivity contribution in [3.63, 3.8) is 0 Å². The topological polar surface area (TPSA) is 46.4 Å². The number of aldehydes is 1. The predicted molar refractivity (Wildman–Crippen MR) is 86.8 cm³/mol. The van der Waals surface area contributed by atoms with Gasteiger partial charge in [0.05, 0.1) is 6.04 Å². The van der Waals surface area contributed by atoms with Gasteiger partial charge in [0.25, 0.3) is 0 Å². The minimum atomic E-state index is -0.433. The van der Waals surface area contributed by atoms with Crippen molar-refractivity contribution in [2.24, 2.45) is 0 Å². The summed E-state index contributed by atoms with van der Waals surface area (Å²) >= 11 is 0. The van der Waals surface area contributed by atoms with Crippen molar-refractivity contribution < 1.29 is 14.3 Å². The van der Waals surface area contributed by atoms with E-state index in [0.29, 0.717) is 11.6 Å². The summed E-state index contributed by atoms with van der Waals surface area (Å²) in [6.45, 7) is 6.42. The van der Waals surface area contributed by atoms with Crippen molar-refractivity contribution in [3.8, 4) is 0 Å². The molecule has 0 aromatic heterocycles. The molecular weight excluding hydrogens is 278 g/mol. The first kappa shape index (κ1) is 16.3. The molecule has 1 heterocycles. The van der Waals surface area contributed by atoms with Gasteiger partial charge in [-0.15, -0.1) is 0 Å². The lowest BCUT2D eigenvalue weighted by molar-refractivity contribution is 0.0405. The van der Waals surface area contributed by atoms with E-state index in [1.54, 1.807) is 17.0 Å². The van der Waals surface area contributed by atoms with Crippen molar-refractivity contribution in [1.29, 1.82) is 0 Å². The van der Waals surface area contributed by atoms with Crippen LogP contribution in [0, 0.1) is 0 Å². The quantitative estimate of drug-likeness (QED) is 0.612. The molecule has 1 saturated heterocycles. The summed E-state index contributed by atoms with van der Waals surface area (Å²) in [6, 6.07) is 7.75. The first-order chi connectivity index (χ1) is 10.4. The largest absolute Gasteiger partial charge is 0.444 e. The maximum Gasteiger partial charge on any atom is 0.410 e. The third-order valence-corrected chi connectivity index (χ3v) is 3.39. The molecule has 0 spiro atoms. The summed E-state index contributed by atoms with van der Waals surface area (Å²) in [5.41, 5.74) is 1.33. The van der Waals surface area contributed by atoms with Gasteiger partial charge in [-0.2, -0.15) is 0 Å². The molecule has 0 radical (unpaired) electrons. The van der Waals surface area contributed by atoms with Crippen molar-refractivity contribution in [1.82, 2.24) is 4.90 Å². The molecule has 0 saturated carbocycles. The second kappa shape index (κ2) is 6.77. The Bertz CT molecular complexity index is 555. The summed E-state index contributed by atoms with van der Waals surface area (Å²) in [6.07, 6.45) is 6.62. The van der Waals surface area contributed by atoms with Gasteiger partial charge in [0, 0.05) is 12.1 Å². The Hall–Kier alpha value is -2.10. The molecule has 1 atom stereocenters. The molecule has 1 aromatic carbocycles. The van der Waals surface area contributed by atoms with Gasteiger partial charge in [0.2, 0.25) is 0 Å². The second-order valence-electron chi connectivity index (χ2n) is 6.55. The van der Waals surface area contributed by atoms with Crippen LogP contribution in [0.3, 0.4) is 0 Å². The van der Waals surface area contributed by atoms with Crippen LogP contribution in [-0.4, -0.2) is 35.5 Å². The van der Waals surface area contributed by atoms with Gasteiger partial charge in [-0.25, -0.2) is 4.79 Å². The predicted octanol–water partition coefficient (Wildman–Crippen LogP) is 3.91. The zero-order valence-electron chi connectivity index (χ0n) is 13.4. The lowest BCUT2D eigenvalue weighted by Gasteiger charge is -2.19. The SMILES string of the molecule is CC(C)(C)OC(=O)N1C[C@@H]1CC/C=C/c1ccc(C=O)cc1. The number of hydrogen-bond donors (Lipinski definition) is 0. The highest BCUT2D eigenvalue weighted by molar-refractivity contribution is 5.75. The number of ether oxygens (including phenoxy) is 1. The molecule has 4 nitrogen and oxygen atoms in total. The Balaban J connectivity index is 1.70. The molecule has 0 bridgehead atoms. The third-order valence-electron chi connectivity index (χ3n) is 3.39. The van der Waals surface area contributed by atoms with Gasteiger partial charge in [-0.05, 0) is 39.2 Å². The summed E-state index contributed by atoms with van der Waals surface area (Å²) in [7, 11) is 0. The first-order valence-electron chi connectivity index (χ1n) is 7.60. The fraction of sp³-hybridized carbons (Fsp3) is 0.444. The van der Waals surface area contributed by atoms with E-state index in [4.69, 9.17) is 4.74 Å². The van der Waals surface area contributed by atoms with Gasteiger partial charge in [-0.1, -0.05) is 36.4 Å². The van der Waals surface area contributed by atoms with Gasteiger partial charge in [-0.3, -0.25) is 4.79 Å². The molecule has 0 aliphatic carbocycles. The summed E-state index contributed by atoms with van der Waals surface area (Å²) in [5, 5.41) is 0. The van der Waals surface area contributed by atoms with Gasteiger partial charge >= 0.3 is 6.09 Å². The van der Waals surface area contributed by atoms with Crippen molar-refractivity contribution in [2.45, 2.75) is 45.3 Å². The van der Waals surface area contributed by atoms with Crippen molar-refractivity contribution >= 4 is 18.5 Å². The molecule has 4 heteroatoms. The van der Waals surface area contributed by atoms with Gasteiger partial charge in [0.15, 0.2) is 0 Å². The fourth-order valence-corrected chi connectivity index (χ4v) is 2.16. The van der Waals surface area contributed by atoms with Crippen LogP contribution in [0.25, 0.3) is 6.08 Å². The highest BCUT2D eigenvalue weighted by atomic mass is 16.6. The van der Waals surface area contributed by atoms with Crippen LogP contribution in [0.1, 0.15) is 49.5 Å². The Morgan fingerprint density at radius 1 is 1.27 bits per heavy atom. The van der Waals surface area contributed by atoms with E-state index in [1.165, 1.54) is 0 Å². The van der Waals surface area contributed by atoms with Crippen LogP contribution in [-0.2, 0) is 4.74 Å². The van der Waals surface area contributed by atoms with Gasteiger partial charge < -0.3 is 9.64 Å². The van der Waals surface area contributed by atoms with Crippen LogP contribution in [0.4, 0.5) is 4.79 Å². The van der Waals surface area contributed by atoms with Crippen LogP contribution in [0.15, 0.2) is 30.3 Å². The van der Waals surface area contributed by atoms with Gasteiger partial charge in [0.1, 0.15) is 11.9 Å². The zero-order chi connectivity index (χ0) is 16.2. The molecule has 1 aromatic rings. The van der Waals surface area contributed by atoms with Crippen LogP contribution in [0.5, 0.6) is 0 Å². The number of hydrogen-bond acceptors (Lipinski definition) is 3. The van der Waals surface area contributed by atoms with Crippen LogP contribution < -0.4 is 0 Å². The van der Waals surface area contributed by atoms with E-state index in [1.807, 2.05) is 39.0 Å². The fourth-order valence-electron chi connectivity index (χ4n) is 2.16. The molecule has 0 N–H and O–H groups in total. The Morgan fingerprint density at radius 2 is 1.91 bits per heavy atom. The molecule has 2 rings (SSSR count). The summed E-state index contributed by atoms with van der Waals surface area (Å²) in [4.78, 5) is 24.1. The highest BCUT2D eigenvalue weighted by Gasteiger charge is 2.40. The minimum Gasteiger partial charge on any atom is -0.444 e. The summed E-state index contributed by atoms with van der Waals surface area (Å²) < 4.78 is 5.33. The zero-order valence-corrected chi connectivity index (χ0v) is 13.4. The number of benzene rings is 1. The van der Waals surface area contributed by atoms with E-state index in [2.05, 4.69) is 6.08 Å². The van der Waals surface area contributed by atoms with Crippen LogP contribution >= 0.6 is 0 Å². The maximum absolute atomic E-state index is 11.8. The number of rotatable bonds is 5. The number of carbonyl (C=O) groups excluding carboxylic acids is 2. The number of carbonyl (C=O) groups is 2. The first-order valence-corrected chi connectivity index (χ1v) is 7.60. The van der Waals surface area contributed by atoms with Crippen molar-refractivity contribution in [2.75, 3.05) is 6.54 Å². The Morgan fingerprint density at radius 3 is 2.50 bits per heavy atom.